The van der Waals surface area contributed by atoms with Crippen molar-refractivity contribution in [1.29, 1.82) is 0 Å². The van der Waals surface area contributed by atoms with Crippen molar-refractivity contribution in [1.82, 2.24) is 40.8 Å². The lowest BCUT2D eigenvalue weighted by atomic mass is 10.0. The van der Waals surface area contributed by atoms with Crippen molar-refractivity contribution >= 4 is 40.5 Å². The number of aryl methyl sites for hydroxylation is 1. The standard InChI is InChI=1S/C9H12O2.C7H10OS.C6H10N2O.C6H9NO2.C6H9NOS.C5H9N3.2C5H11NO.CH4/c1-6(2)8-5-11-4-7(3)9(8)10;1-5(2)7-3-6(8)4-9-7;1-4(2)6-7-5(3)9-8-6;1-4(2)5-3-6(8)7-9-5;1-4(2)6-5(8)3-9-7-6;1-4(2)5-6-3-7-8-5;2*1-4(2)5(7)6-3;/h4-6H,1-3H3;3-5,8H,1-2H3;4H,3H2,1-2H3,(H,7,8);3-4H,1-2H3,(H,7,8);3-4,8H,1-2H3;3-4H,1-2H3,(H,6,7,8);2*4H,1-3H3,(H,6,7);1H4. The summed E-state index contributed by atoms with van der Waals surface area (Å²) in [5, 5.41) is 35.1. The fourth-order valence-electron chi connectivity index (χ4n) is 4.42. The lowest BCUT2D eigenvalue weighted by Crippen LogP contribution is -2.22. The molecule has 0 fully saturated rings. The van der Waals surface area contributed by atoms with Gasteiger partial charge in [-0.25, -0.2) is 10.5 Å². The molecule has 0 spiro atoms. The molecule has 5 aromatic heterocycles. The number of carbonyl (C=O) groups excluding carboxylic acids is 2. The third kappa shape index (κ3) is 29.8. The SMILES string of the molecule is C.C=C1N=C(C(C)C)NO1.CC(C)c1cc(=O)[nH]o1.CC(C)c1cc(O)cs1.CC(C)c1ncn[nH]1.CC(C)c1nscc1O.CNC(=O)C(C)C.CNC(=O)C(C)C.Cc1cocc(C(C)C)c1=O. The minimum atomic E-state index is -0.168. The largest absolute Gasteiger partial charge is 0.507 e. The maximum Gasteiger partial charge on any atom is 0.280 e. The molecule has 20 heteroatoms. The molecule has 0 saturated heterocycles. The first-order chi connectivity index (χ1) is 32.1. The van der Waals surface area contributed by atoms with Gasteiger partial charge in [0.2, 0.25) is 17.7 Å². The number of nitrogens with zero attached hydrogens (tertiary/aromatic N) is 4. The van der Waals surface area contributed by atoms with Gasteiger partial charge in [-0.15, -0.1) is 11.3 Å². The highest BCUT2D eigenvalue weighted by Crippen LogP contribution is 2.26. The predicted octanol–water partition coefficient (Wildman–Crippen LogP) is 11.1. The predicted molar refractivity (Wildman–Crippen MR) is 286 cm³/mol. The van der Waals surface area contributed by atoms with Crippen LogP contribution in [0, 0.1) is 24.7 Å². The zero-order valence-electron chi connectivity index (χ0n) is 44.2. The van der Waals surface area contributed by atoms with Crippen LogP contribution >= 0.6 is 22.9 Å². The number of hydrogen-bond acceptors (Lipinski definition) is 16. The van der Waals surface area contributed by atoms with Crippen molar-refractivity contribution < 1.29 is 33.6 Å². The Bertz CT molecular complexity index is 2280. The van der Waals surface area contributed by atoms with Gasteiger partial charge in [0.1, 0.15) is 35.2 Å². The number of nitrogens with one attached hydrogen (secondary N) is 5. The Hall–Kier alpha value is -6.02. The van der Waals surface area contributed by atoms with Gasteiger partial charge in [-0.3, -0.25) is 24.3 Å². The monoisotopic (exact) mass is 1020 g/mol. The molecule has 1 aliphatic rings. The molecule has 0 saturated carbocycles. The van der Waals surface area contributed by atoms with E-state index in [0.717, 1.165) is 22.9 Å². The molecule has 396 valence electrons. The van der Waals surface area contributed by atoms with Gasteiger partial charge in [-0.2, -0.15) is 19.6 Å². The van der Waals surface area contributed by atoms with Crippen molar-refractivity contribution in [3.05, 3.63) is 108 Å². The van der Waals surface area contributed by atoms with E-state index in [1.807, 2.05) is 89.2 Å². The first kappa shape index (κ1) is 68.2. The van der Waals surface area contributed by atoms with Crippen molar-refractivity contribution in [2.45, 2.75) is 155 Å². The molecule has 5 aromatic rings. The minimum absolute atomic E-state index is 0. The van der Waals surface area contributed by atoms with E-state index in [-0.39, 0.29) is 53.9 Å². The summed E-state index contributed by atoms with van der Waals surface area (Å²) >= 11 is 2.90. The quantitative estimate of drug-likeness (QED) is 0.0763. The summed E-state index contributed by atoms with van der Waals surface area (Å²) in [5.41, 5.74) is 4.83. The number of aromatic amines is 2. The summed E-state index contributed by atoms with van der Waals surface area (Å²) in [6.45, 7) is 37.1. The average molecular weight is 1020 g/mol. The number of hydrogen-bond donors (Lipinski definition) is 7. The highest BCUT2D eigenvalue weighted by atomic mass is 32.1. The van der Waals surface area contributed by atoms with Crippen molar-refractivity contribution in [2.75, 3.05) is 14.1 Å². The van der Waals surface area contributed by atoms with E-state index in [0.29, 0.717) is 52.4 Å². The summed E-state index contributed by atoms with van der Waals surface area (Å²) in [5.74, 6) is 6.32. The number of rotatable bonds is 8. The van der Waals surface area contributed by atoms with E-state index >= 15 is 0 Å². The number of hydroxylamine groups is 1. The Morgan fingerprint density at radius 2 is 1.33 bits per heavy atom. The van der Waals surface area contributed by atoms with Crippen LogP contribution in [0.4, 0.5) is 0 Å². The van der Waals surface area contributed by atoms with Crippen LogP contribution in [0.25, 0.3) is 0 Å². The molecular weight excluding hydrogens is 935 g/mol. The fourth-order valence-corrected chi connectivity index (χ4v) is 5.90. The van der Waals surface area contributed by atoms with E-state index in [9.17, 15) is 19.2 Å². The van der Waals surface area contributed by atoms with E-state index in [2.05, 4.69) is 80.1 Å². The van der Waals surface area contributed by atoms with E-state index in [1.54, 1.807) is 43.1 Å². The number of aliphatic imine (C=N–C) groups is 1. The maximum absolute atomic E-state index is 11.4. The number of amidine groups is 1. The summed E-state index contributed by atoms with van der Waals surface area (Å²) in [6.07, 6.45) is 4.53. The number of H-pyrrole nitrogens is 2. The van der Waals surface area contributed by atoms with Gasteiger partial charge in [-0.05, 0) is 42.9 Å². The number of aromatic nitrogens is 5. The van der Waals surface area contributed by atoms with Crippen LogP contribution in [0.5, 0.6) is 11.5 Å². The lowest BCUT2D eigenvalue weighted by molar-refractivity contribution is -0.124. The fraction of sp³-hybridized carbons (Fsp3) is 0.560. The van der Waals surface area contributed by atoms with Crippen LogP contribution in [0.3, 0.4) is 0 Å². The highest BCUT2D eigenvalue weighted by molar-refractivity contribution is 7.10. The van der Waals surface area contributed by atoms with Crippen LogP contribution in [0.2, 0.25) is 0 Å². The van der Waals surface area contributed by atoms with E-state index < -0.39 is 0 Å². The second-order valence-electron chi connectivity index (χ2n) is 17.7. The Balaban J connectivity index is -0.000000734. The molecule has 2 amide bonds. The van der Waals surface area contributed by atoms with Gasteiger partial charge in [0, 0.05) is 77.1 Å². The van der Waals surface area contributed by atoms with Gasteiger partial charge in [-0.1, -0.05) is 118 Å². The molecular formula is C50H85N9O9S2. The molecule has 0 unspecified atom stereocenters. The summed E-state index contributed by atoms with van der Waals surface area (Å²) < 4.78 is 13.8. The Labute approximate surface area is 424 Å². The Kier molecular flexibility index (Phi) is 36.0. The van der Waals surface area contributed by atoms with Gasteiger partial charge in [0.15, 0.2) is 5.43 Å². The molecule has 0 bridgehead atoms. The topological polar surface area (TPSA) is 263 Å². The van der Waals surface area contributed by atoms with Crippen LogP contribution in [-0.4, -0.2) is 66.7 Å². The third-order valence-corrected chi connectivity index (χ3v) is 10.5. The van der Waals surface area contributed by atoms with Gasteiger partial charge >= 0.3 is 0 Å². The minimum Gasteiger partial charge on any atom is -0.507 e. The summed E-state index contributed by atoms with van der Waals surface area (Å²) in [7, 11) is 3.28. The second kappa shape index (κ2) is 36.9. The first-order valence-electron chi connectivity index (χ1n) is 22.8. The van der Waals surface area contributed by atoms with Crippen LogP contribution in [-0.2, 0) is 14.4 Å². The van der Waals surface area contributed by atoms with Gasteiger partial charge < -0.3 is 34.6 Å². The third-order valence-electron chi connectivity index (χ3n) is 8.68. The molecule has 70 heavy (non-hydrogen) atoms. The Morgan fingerprint density at radius 1 is 0.757 bits per heavy atom. The number of aromatic hydroxyl groups is 2. The molecule has 18 nitrogen and oxygen atoms in total. The van der Waals surface area contributed by atoms with Crippen molar-refractivity contribution in [2.24, 2.45) is 22.7 Å². The highest BCUT2D eigenvalue weighted by Gasteiger charge is 2.12. The van der Waals surface area contributed by atoms with Gasteiger partial charge in [0.05, 0.1) is 23.6 Å². The van der Waals surface area contributed by atoms with Crippen LogP contribution in [0.15, 0.2) is 77.7 Å². The molecule has 0 aromatic carbocycles. The molecule has 7 N–H and O–H groups in total. The smallest absolute Gasteiger partial charge is 0.280 e. The average Bonchev–Trinajstić information content (AvgIpc) is 4.15. The van der Waals surface area contributed by atoms with Gasteiger partial charge in [0.25, 0.3) is 5.56 Å². The lowest BCUT2D eigenvalue weighted by Gasteiger charge is -2.02. The zero-order chi connectivity index (χ0) is 53.6. The molecule has 0 radical (unpaired) electrons. The molecule has 6 rings (SSSR count). The van der Waals surface area contributed by atoms with E-state index in [1.165, 1.54) is 41.3 Å². The normalized spacial score (nSPS) is 11.0. The summed E-state index contributed by atoms with van der Waals surface area (Å²) in [6, 6.07) is 3.28. The number of carbonyl (C=O) groups is 2. The Morgan fingerprint density at radius 3 is 1.54 bits per heavy atom. The van der Waals surface area contributed by atoms with Crippen molar-refractivity contribution in [3.63, 3.8) is 0 Å². The molecule has 0 aliphatic carbocycles. The van der Waals surface area contributed by atoms with Crippen molar-refractivity contribution in [3.8, 4) is 11.5 Å². The second-order valence-corrected chi connectivity index (χ2v) is 19.3. The molecule has 6 heterocycles. The molecule has 0 atom stereocenters. The molecule has 1 aliphatic heterocycles. The summed E-state index contributed by atoms with van der Waals surface area (Å²) in [4.78, 5) is 56.5. The number of amides is 2. The van der Waals surface area contributed by atoms with E-state index in [4.69, 9.17) is 24.0 Å². The number of thiophene rings is 1. The van der Waals surface area contributed by atoms with Crippen LogP contribution in [0.1, 0.15) is 181 Å². The zero-order valence-corrected chi connectivity index (χ0v) is 45.9. The first-order valence-corrected chi connectivity index (χ1v) is 24.5. The van der Waals surface area contributed by atoms with Crippen LogP contribution < -0.4 is 27.1 Å². The maximum atomic E-state index is 11.4.